The summed E-state index contributed by atoms with van der Waals surface area (Å²) in [5.74, 6) is 0.405. The second kappa shape index (κ2) is 4.41. The fourth-order valence-electron chi connectivity index (χ4n) is 1.08. The van der Waals surface area contributed by atoms with Gasteiger partial charge in [0.1, 0.15) is 0 Å². The van der Waals surface area contributed by atoms with Gasteiger partial charge in [-0.25, -0.2) is 4.98 Å². The Hall–Kier alpha value is -1.84. The Labute approximate surface area is 82.2 Å². The minimum atomic E-state index is -0.220. The highest BCUT2D eigenvalue weighted by Gasteiger charge is 2.14. The van der Waals surface area contributed by atoms with Crippen LogP contribution < -0.4 is 9.47 Å². The van der Waals surface area contributed by atoms with Gasteiger partial charge >= 0.3 is 0 Å². The van der Waals surface area contributed by atoms with E-state index >= 15 is 0 Å². The van der Waals surface area contributed by atoms with E-state index in [9.17, 15) is 4.79 Å². The molecule has 0 fully saturated rings. The molecule has 0 amide bonds. The van der Waals surface area contributed by atoms with Crippen LogP contribution in [-0.4, -0.2) is 25.0 Å². The molecular weight excluding hydrogens is 182 g/mol. The van der Waals surface area contributed by atoms with Crippen molar-refractivity contribution in [3.8, 4) is 11.6 Å². The number of methoxy groups -OCH3 is 2. The number of hydrogen-bond donors (Lipinski definition) is 0. The molecule has 4 heteroatoms. The normalized spacial score (nSPS) is 9.29. The topological polar surface area (TPSA) is 48.4 Å². The van der Waals surface area contributed by atoms with Gasteiger partial charge in [-0.1, -0.05) is 6.58 Å². The third kappa shape index (κ3) is 1.74. The zero-order chi connectivity index (χ0) is 10.6. The Bertz CT molecular complexity index is 360. The first-order chi connectivity index (χ1) is 6.74. The van der Waals surface area contributed by atoms with Gasteiger partial charge in [-0.3, -0.25) is 4.79 Å². The van der Waals surface area contributed by atoms with Crippen molar-refractivity contribution in [1.82, 2.24) is 4.98 Å². The van der Waals surface area contributed by atoms with Crippen LogP contribution in [0.25, 0.3) is 0 Å². The second-order valence-electron chi connectivity index (χ2n) is 2.47. The summed E-state index contributed by atoms with van der Waals surface area (Å²) in [5.41, 5.74) is 0.398. The van der Waals surface area contributed by atoms with E-state index in [-0.39, 0.29) is 5.78 Å². The van der Waals surface area contributed by atoms with Crippen molar-refractivity contribution in [2.24, 2.45) is 0 Å². The van der Waals surface area contributed by atoms with Gasteiger partial charge in [0.15, 0.2) is 11.5 Å². The maximum atomic E-state index is 11.4. The Balaban J connectivity index is 3.28. The van der Waals surface area contributed by atoms with Crippen molar-refractivity contribution < 1.29 is 14.3 Å². The van der Waals surface area contributed by atoms with Gasteiger partial charge in [0, 0.05) is 6.20 Å². The number of aromatic nitrogens is 1. The molecule has 0 bridgehead atoms. The molecule has 0 saturated carbocycles. The first kappa shape index (κ1) is 10.2. The molecule has 0 spiro atoms. The van der Waals surface area contributed by atoms with Crippen LogP contribution >= 0.6 is 0 Å². The van der Waals surface area contributed by atoms with Gasteiger partial charge < -0.3 is 9.47 Å². The van der Waals surface area contributed by atoms with E-state index in [4.69, 9.17) is 9.47 Å². The van der Waals surface area contributed by atoms with Gasteiger partial charge in [-0.05, 0) is 12.1 Å². The second-order valence-corrected chi connectivity index (χ2v) is 2.47. The first-order valence-corrected chi connectivity index (χ1v) is 3.98. The SMILES string of the molecule is C=CC(=O)c1ccnc(OC)c1OC. The number of ketones is 1. The number of nitrogens with zero attached hydrogens (tertiary/aromatic N) is 1. The van der Waals surface area contributed by atoms with Crippen LogP contribution in [0, 0.1) is 0 Å². The molecule has 0 radical (unpaired) electrons. The minimum absolute atomic E-state index is 0.220. The van der Waals surface area contributed by atoms with E-state index < -0.39 is 0 Å². The van der Waals surface area contributed by atoms with Crippen LogP contribution in [0.1, 0.15) is 10.4 Å². The van der Waals surface area contributed by atoms with Crippen LogP contribution in [0.5, 0.6) is 11.6 Å². The summed E-state index contributed by atoms with van der Waals surface area (Å²) < 4.78 is 9.98. The smallest absolute Gasteiger partial charge is 0.257 e. The van der Waals surface area contributed by atoms with Crippen LogP contribution in [0.2, 0.25) is 0 Å². The summed E-state index contributed by atoms with van der Waals surface area (Å²) in [6.45, 7) is 3.40. The summed E-state index contributed by atoms with van der Waals surface area (Å²) >= 11 is 0. The molecule has 1 aromatic rings. The highest BCUT2D eigenvalue weighted by atomic mass is 16.5. The predicted molar refractivity (Wildman–Crippen MR) is 51.9 cm³/mol. The number of carbonyl (C=O) groups excluding carboxylic acids is 1. The molecule has 0 saturated heterocycles. The van der Waals surface area contributed by atoms with E-state index in [1.165, 1.54) is 26.5 Å². The van der Waals surface area contributed by atoms with Crippen LogP contribution in [-0.2, 0) is 0 Å². The molecule has 0 atom stereocenters. The van der Waals surface area contributed by atoms with E-state index in [2.05, 4.69) is 11.6 Å². The molecule has 0 aliphatic heterocycles. The van der Waals surface area contributed by atoms with Crippen LogP contribution in [0.4, 0.5) is 0 Å². The molecule has 0 aliphatic carbocycles. The predicted octanol–water partition coefficient (Wildman–Crippen LogP) is 1.47. The average Bonchev–Trinajstić information content (AvgIpc) is 2.26. The Kier molecular flexibility index (Phi) is 3.23. The molecule has 1 heterocycles. The molecule has 1 rings (SSSR count). The van der Waals surface area contributed by atoms with E-state index in [0.29, 0.717) is 17.2 Å². The van der Waals surface area contributed by atoms with Gasteiger partial charge in [0.25, 0.3) is 5.88 Å². The Morgan fingerprint density at radius 1 is 1.50 bits per heavy atom. The van der Waals surface area contributed by atoms with E-state index in [1.54, 1.807) is 6.07 Å². The number of allylic oxidation sites excluding steroid dienone is 1. The van der Waals surface area contributed by atoms with E-state index in [0.717, 1.165) is 0 Å². The summed E-state index contributed by atoms with van der Waals surface area (Å²) in [6, 6.07) is 1.56. The molecule has 0 aliphatic rings. The number of carbonyl (C=O) groups is 1. The fraction of sp³-hybridized carbons (Fsp3) is 0.200. The molecular formula is C10H11NO3. The van der Waals surface area contributed by atoms with Crippen LogP contribution in [0.15, 0.2) is 24.9 Å². The molecule has 0 aromatic carbocycles. The molecule has 4 nitrogen and oxygen atoms in total. The van der Waals surface area contributed by atoms with Crippen LogP contribution in [0.3, 0.4) is 0 Å². The van der Waals surface area contributed by atoms with Crippen molar-refractivity contribution in [2.75, 3.05) is 14.2 Å². The van der Waals surface area contributed by atoms with Gasteiger partial charge in [0.05, 0.1) is 19.8 Å². The summed E-state index contributed by atoms with van der Waals surface area (Å²) in [7, 11) is 2.92. The van der Waals surface area contributed by atoms with Crippen molar-refractivity contribution in [2.45, 2.75) is 0 Å². The minimum Gasteiger partial charge on any atom is -0.491 e. The third-order valence-corrected chi connectivity index (χ3v) is 1.72. The summed E-state index contributed by atoms with van der Waals surface area (Å²) in [4.78, 5) is 15.3. The lowest BCUT2D eigenvalue weighted by Gasteiger charge is -2.08. The van der Waals surface area contributed by atoms with Crippen molar-refractivity contribution in [3.63, 3.8) is 0 Å². The van der Waals surface area contributed by atoms with Crippen molar-refractivity contribution in [3.05, 3.63) is 30.5 Å². The quantitative estimate of drug-likeness (QED) is 0.536. The molecule has 1 aromatic heterocycles. The Morgan fingerprint density at radius 2 is 2.21 bits per heavy atom. The highest BCUT2D eigenvalue weighted by molar-refractivity contribution is 6.06. The average molecular weight is 193 g/mol. The van der Waals surface area contributed by atoms with E-state index in [1.807, 2.05) is 0 Å². The maximum Gasteiger partial charge on any atom is 0.257 e. The first-order valence-electron chi connectivity index (χ1n) is 3.98. The summed E-state index contributed by atoms with van der Waals surface area (Å²) in [6.07, 6.45) is 2.70. The molecule has 74 valence electrons. The third-order valence-electron chi connectivity index (χ3n) is 1.72. The monoisotopic (exact) mass is 193 g/mol. The zero-order valence-corrected chi connectivity index (χ0v) is 8.11. The fourth-order valence-corrected chi connectivity index (χ4v) is 1.08. The van der Waals surface area contributed by atoms with Gasteiger partial charge in [-0.15, -0.1) is 0 Å². The lowest BCUT2D eigenvalue weighted by molar-refractivity contribution is 0.104. The number of ether oxygens (including phenoxy) is 2. The van der Waals surface area contributed by atoms with Gasteiger partial charge in [0.2, 0.25) is 0 Å². The standard InChI is InChI=1S/C10H11NO3/c1-4-8(12)7-5-6-11-10(14-3)9(7)13-2/h4-6H,1H2,2-3H3. The lowest BCUT2D eigenvalue weighted by atomic mass is 10.1. The molecule has 14 heavy (non-hydrogen) atoms. The lowest BCUT2D eigenvalue weighted by Crippen LogP contribution is -2.02. The summed E-state index contributed by atoms with van der Waals surface area (Å²) in [5, 5.41) is 0. The number of rotatable bonds is 4. The number of pyridine rings is 1. The molecule has 0 unspecified atom stereocenters. The molecule has 0 N–H and O–H groups in total. The zero-order valence-electron chi connectivity index (χ0n) is 8.11. The number of hydrogen-bond acceptors (Lipinski definition) is 4. The maximum absolute atomic E-state index is 11.4. The van der Waals surface area contributed by atoms with Crippen molar-refractivity contribution >= 4 is 5.78 Å². The highest BCUT2D eigenvalue weighted by Crippen LogP contribution is 2.28. The van der Waals surface area contributed by atoms with Crippen molar-refractivity contribution in [1.29, 1.82) is 0 Å². The Morgan fingerprint density at radius 3 is 2.71 bits per heavy atom. The largest absolute Gasteiger partial charge is 0.491 e. The van der Waals surface area contributed by atoms with Gasteiger partial charge in [-0.2, -0.15) is 0 Å².